The Labute approximate surface area is 124 Å². The van der Waals surface area contributed by atoms with Crippen molar-refractivity contribution < 1.29 is 5.11 Å². The molecule has 4 aliphatic carbocycles. The molecule has 0 aromatic carbocycles. The lowest BCUT2D eigenvalue weighted by molar-refractivity contribution is -0.0176. The van der Waals surface area contributed by atoms with Crippen molar-refractivity contribution >= 4 is 0 Å². The highest BCUT2D eigenvalue weighted by Crippen LogP contribution is 2.53. The topological polar surface area (TPSA) is 32.3 Å². The van der Waals surface area contributed by atoms with Gasteiger partial charge < -0.3 is 10.4 Å². The Morgan fingerprint density at radius 1 is 1.05 bits per heavy atom. The van der Waals surface area contributed by atoms with Gasteiger partial charge in [-0.05, 0) is 95.8 Å². The van der Waals surface area contributed by atoms with Crippen LogP contribution < -0.4 is 5.32 Å². The second-order valence-electron chi connectivity index (χ2n) is 8.73. The van der Waals surface area contributed by atoms with Crippen molar-refractivity contribution in [3.8, 4) is 0 Å². The molecule has 0 aliphatic heterocycles. The Morgan fingerprint density at radius 3 is 2.10 bits per heavy atom. The van der Waals surface area contributed by atoms with Crippen LogP contribution in [0.15, 0.2) is 0 Å². The van der Waals surface area contributed by atoms with Crippen molar-refractivity contribution in [3.63, 3.8) is 0 Å². The van der Waals surface area contributed by atoms with E-state index in [0.717, 1.165) is 42.6 Å². The first kappa shape index (κ1) is 14.8. The van der Waals surface area contributed by atoms with Crippen LogP contribution in [0.3, 0.4) is 0 Å². The Hall–Kier alpha value is -0.0800. The van der Waals surface area contributed by atoms with E-state index in [1.165, 1.54) is 32.1 Å². The van der Waals surface area contributed by atoms with E-state index in [9.17, 15) is 5.11 Å². The average Bonchev–Trinajstić information content (AvgIpc) is 2.31. The quantitative estimate of drug-likeness (QED) is 0.776. The summed E-state index contributed by atoms with van der Waals surface area (Å²) in [5.74, 6) is 4.09. The fraction of sp³-hybridized carbons (Fsp3) is 1.00. The molecule has 2 nitrogen and oxygen atoms in total. The second kappa shape index (κ2) is 5.61. The number of nitrogens with one attached hydrogen (secondary N) is 1. The maximum atomic E-state index is 9.80. The van der Waals surface area contributed by atoms with E-state index in [1.54, 1.807) is 6.42 Å². The lowest BCUT2D eigenvalue weighted by Gasteiger charge is -2.55. The largest absolute Gasteiger partial charge is 0.390 e. The number of rotatable bonds is 6. The molecular formula is C18H33NO. The molecule has 0 aromatic rings. The summed E-state index contributed by atoms with van der Waals surface area (Å²) in [5, 5.41) is 13.8. The predicted octanol–water partition coefficient (Wildman–Crippen LogP) is 3.73. The summed E-state index contributed by atoms with van der Waals surface area (Å²) >= 11 is 0. The predicted molar refractivity (Wildman–Crippen MR) is 83.6 cm³/mol. The minimum absolute atomic E-state index is 0.498. The van der Waals surface area contributed by atoms with Crippen molar-refractivity contribution in [2.75, 3.05) is 0 Å². The Kier molecular flexibility index (Phi) is 4.16. The molecule has 4 aliphatic rings. The van der Waals surface area contributed by atoms with Gasteiger partial charge in [0.25, 0.3) is 0 Å². The van der Waals surface area contributed by atoms with E-state index in [1.807, 2.05) is 13.8 Å². The Balaban J connectivity index is 1.46. The van der Waals surface area contributed by atoms with Crippen LogP contribution in [-0.4, -0.2) is 22.8 Å². The second-order valence-corrected chi connectivity index (χ2v) is 8.73. The van der Waals surface area contributed by atoms with Crippen LogP contribution in [0, 0.1) is 23.7 Å². The first-order valence-corrected chi connectivity index (χ1v) is 8.89. The normalized spacial score (nSPS) is 41.1. The monoisotopic (exact) mass is 279 g/mol. The average molecular weight is 279 g/mol. The zero-order valence-corrected chi connectivity index (χ0v) is 13.6. The van der Waals surface area contributed by atoms with E-state index in [2.05, 4.69) is 12.2 Å². The number of hydrogen-bond acceptors (Lipinski definition) is 2. The van der Waals surface area contributed by atoms with Gasteiger partial charge in [-0.2, -0.15) is 0 Å². The minimum atomic E-state index is -0.498. The molecule has 0 spiro atoms. The molecule has 4 saturated carbocycles. The van der Waals surface area contributed by atoms with Gasteiger partial charge in [-0.3, -0.25) is 0 Å². The minimum Gasteiger partial charge on any atom is -0.390 e. The van der Waals surface area contributed by atoms with Gasteiger partial charge in [0.1, 0.15) is 0 Å². The van der Waals surface area contributed by atoms with Gasteiger partial charge in [-0.15, -0.1) is 0 Å². The van der Waals surface area contributed by atoms with Crippen molar-refractivity contribution in [2.45, 2.75) is 89.8 Å². The van der Waals surface area contributed by atoms with Crippen LogP contribution >= 0.6 is 0 Å². The van der Waals surface area contributed by atoms with Crippen LogP contribution in [0.1, 0.15) is 72.1 Å². The molecule has 4 fully saturated rings. The first-order valence-electron chi connectivity index (χ1n) is 8.89. The molecular weight excluding hydrogens is 246 g/mol. The van der Waals surface area contributed by atoms with Crippen LogP contribution in [0.2, 0.25) is 0 Å². The lowest BCUT2D eigenvalue weighted by atomic mass is 9.54. The van der Waals surface area contributed by atoms with Gasteiger partial charge in [-0.25, -0.2) is 0 Å². The van der Waals surface area contributed by atoms with Crippen LogP contribution in [0.25, 0.3) is 0 Å². The molecule has 0 radical (unpaired) electrons. The summed E-state index contributed by atoms with van der Waals surface area (Å²) in [7, 11) is 0. The standard InChI is InChI=1S/C18H33NO/c1-12(5-4-6-18(2,3)20)19-17-15-8-13-7-14(10-15)11-16(17)9-13/h12-17,19-20H,4-11H2,1-3H3/t12-,13?,14?,15?,16?,17?/m0/s1. The summed E-state index contributed by atoms with van der Waals surface area (Å²) in [4.78, 5) is 0. The smallest absolute Gasteiger partial charge is 0.0591 e. The molecule has 0 heterocycles. The van der Waals surface area contributed by atoms with Crippen LogP contribution in [0.4, 0.5) is 0 Å². The van der Waals surface area contributed by atoms with E-state index in [4.69, 9.17) is 0 Å². The maximum Gasteiger partial charge on any atom is 0.0591 e. The molecule has 0 aromatic heterocycles. The van der Waals surface area contributed by atoms with Gasteiger partial charge in [0.2, 0.25) is 0 Å². The fourth-order valence-corrected chi connectivity index (χ4v) is 5.45. The third kappa shape index (κ3) is 3.39. The SMILES string of the molecule is C[C@@H](CCCC(C)(C)O)NC1C2CC3CC(C2)CC1C3. The highest BCUT2D eigenvalue weighted by atomic mass is 16.3. The van der Waals surface area contributed by atoms with Gasteiger partial charge in [0, 0.05) is 12.1 Å². The fourth-order valence-electron chi connectivity index (χ4n) is 5.45. The van der Waals surface area contributed by atoms with Crippen molar-refractivity contribution in [2.24, 2.45) is 23.7 Å². The Bertz CT molecular complexity index is 305. The molecule has 2 heteroatoms. The maximum absolute atomic E-state index is 9.80. The highest BCUT2D eigenvalue weighted by Gasteiger charge is 2.48. The molecule has 4 bridgehead atoms. The molecule has 1 atom stereocenters. The molecule has 4 rings (SSSR count). The van der Waals surface area contributed by atoms with E-state index < -0.39 is 5.60 Å². The number of hydrogen-bond donors (Lipinski definition) is 2. The first-order chi connectivity index (χ1) is 9.40. The third-order valence-corrected chi connectivity index (χ3v) is 6.13. The van der Waals surface area contributed by atoms with Crippen molar-refractivity contribution in [3.05, 3.63) is 0 Å². The van der Waals surface area contributed by atoms with Crippen molar-refractivity contribution in [1.29, 1.82) is 0 Å². The van der Waals surface area contributed by atoms with E-state index in [-0.39, 0.29) is 0 Å². The highest BCUT2D eigenvalue weighted by molar-refractivity contribution is 5.01. The van der Waals surface area contributed by atoms with Gasteiger partial charge in [0.15, 0.2) is 0 Å². The molecule has 0 saturated heterocycles. The summed E-state index contributed by atoms with van der Waals surface area (Å²) < 4.78 is 0. The van der Waals surface area contributed by atoms with Crippen molar-refractivity contribution in [1.82, 2.24) is 5.32 Å². The van der Waals surface area contributed by atoms with E-state index in [0.29, 0.717) is 6.04 Å². The van der Waals surface area contributed by atoms with Crippen LogP contribution in [0.5, 0.6) is 0 Å². The van der Waals surface area contributed by atoms with Crippen LogP contribution in [-0.2, 0) is 0 Å². The third-order valence-electron chi connectivity index (χ3n) is 6.13. The lowest BCUT2D eigenvalue weighted by Crippen LogP contribution is -2.56. The molecule has 2 N–H and O–H groups in total. The van der Waals surface area contributed by atoms with Gasteiger partial charge in [-0.1, -0.05) is 0 Å². The summed E-state index contributed by atoms with van der Waals surface area (Å²) in [6.07, 6.45) is 10.8. The summed E-state index contributed by atoms with van der Waals surface area (Å²) in [5.41, 5.74) is -0.498. The van der Waals surface area contributed by atoms with Gasteiger partial charge >= 0.3 is 0 Å². The molecule has 20 heavy (non-hydrogen) atoms. The summed E-state index contributed by atoms with van der Waals surface area (Å²) in [6.45, 7) is 6.18. The summed E-state index contributed by atoms with van der Waals surface area (Å²) in [6, 6.07) is 1.42. The zero-order valence-electron chi connectivity index (χ0n) is 13.6. The van der Waals surface area contributed by atoms with Gasteiger partial charge in [0.05, 0.1) is 5.60 Å². The zero-order chi connectivity index (χ0) is 14.3. The molecule has 0 amide bonds. The van der Waals surface area contributed by atoms with E-state index >= 15 is 0 Å². The Morgan fingerprint density at radius 2 is 1.60 bits per heavy atom. The molecule has 116 valence electrons. The molecule has 0 unspecified atom stereocenters. The number of aliphatic hydroxyl groups is 1.